The SMILES string of the molecule is CC(=O)c1ccc(Oc2ccccc2C(N)=O)c(F)c1. The number of hydrogen-bond acceptors (Lipinski definition) is 3. The minimum Gasteiger partial charge on any atom is -0.453 e. The highest BCUT2D eigenvalue weighted by molar-refractivity contribution is 5.96. The maximum atomic E-state index is 13.8. The largest absolute Gasteiger partial charge is 0.453 e. The molecule has 2 N–H and O–H groups in total. The average Bonchev–Trinajstić information content (AvgIpc) is 2.41. The summed E-state index contributed by atoms with van der Waals surface area (Å²) in [6, 6.07) is 10.1. The number of carbonyl (C=O) groups excluding carboxylic acids is 2. The lowest BCUT2D eigenvalue weighted by molar-refractivity contribution is 0.0994. The maximum absolute atomic E-state index is 13.8. The van der Waals surface area contributed by atoms with Gasteiger partial charge >= 0.3 is 0 Å². The molecule has 5 heteroatoms. The topological polar surface area (TPSA) is 69.4 Å². The second kappa shape index (κ2) is 5.52. The number of primary amides is 1. The molecule has 2 aromatic rings. The van der Waals surface area contributed by atoms with Gasteiger partial charge in [0.1, 0.15) is 5.75 Å². The van der Waals surface area contributed by atoms with Crippen LogP contribution in [-0.2, 0) is 0 Å². The standard InChI is InChI=1S/C15H12FNO3/c1-9(18)10-6-7-14(12(16)8-10)20-13-5-3-2-4-11(13)15(17)19/h2-8H,1H3,(H2,17,19). The van der Waals surface area contributed by atoms with Crippen molar-refractivity contribution in [2.75, 3.05) is 0 Å². The predicted octanol–water partition coefficient (Wildman–Crippen LogP) is 2.92. The van der Waals surface area contributed by atoms with E-state index in [1.807, 2.05) is 0 Å². The predicted molar refractivity (Wildman–Crippen MR) is 71.4 cm³/mol. The molecular weight excluding hydrogens is 261 g/mol. The van der Waals surface area contributed by atoms with Crippen molar-refractivity contribution in [3.8, 4) is 11.5 Å². The number of ketones is 1. The number of hydrogen-bond donors (Lipinski definition) is 1. The van der Waals surface area contributed by atoms with Gasteiger partial charge in [-0.05, 0) is 37.3 Å². The number of rotatable bonds is 4. The lowest BCUT2D eigenvalue weighted by Crippen LogP contribution is -2.12. The van der Waals surface area contributed by atoms with Crippen molar-refractivity contribution < 1.29 is 18.7 Å². The van der Waals surface area contributed by atoms with Crippen LogP contribution in [0.25, 0.3) is 0 Å². The van der Waals surface area contributed by atoms with E-state index in [1.165, 1.54) is 31.2 Å². The first kappa shape index (κ1) is 13.7. The van der Waals surface area contributed by atoms with Crippen LogP contribution in [0.15, 0.2) is 42.5 Å². The quantitative estimate of drug-likeness (QED) is 0.871. The minimum absolute atomic E-state index is 0.0799. The monoisotopic (exact) mass is 273 g/mol. The van der Waals surface area contributed by atoms with E-state index in [0.29, 0.717) is 0 Å². The molecule has 20 heavy (non-hydrogen) atoms. The Morgan fingerprint density at radius 2 is 1.80 bits per heavy atom. The molecule has 2 aromatic carbocycles. The Balaban J connectivity index is 2.36. The van der Waals surface area contributed by atoms with E-state index in [1.54, 1.807) is 12.1 Å². The average molecular weight is 273 g/mol. The molecule has 0 aliphatic carbocycles. The zero-order valence-electron chi connectivity index (χ0n) is 10.7. The molecule has 0 aliphatic rings. The van der Waals surface area contributed by atoms with Crippen LogP contribution >= 0.6 is 0 Å². The van der Waals surface area contributed by atoms with Crippen molar-refractivity contribution in [1.82, 2.24) is 0 Å². The third-order valence-corrected chi connectivity index (χ3v) is 2.71. The van der Waals surface area contributed by atoms with Crippen molar-refractivity contribution in [3.63, 3.8) is 0 Å². The van der Waals surface area contributed by atoms with Gasteiger partial charge in [-0.2, -0.15) is 0 Å². The smallest absolute Gasteiger partial charge is 0.252 e. The third-order valence-electron chi connectivity index (χ3n) is 2.71. The van der Waals surface area contributed by atoms with Crippen LogP contribution in [0.4, 0.5) is 4.39 Å². The van der Waals surface area contributed by atoms with E-state index in [-0.39, 0.29) is 28.4 Å². The van der Waals surface area contributed by atoms with E-state index >= 15 is 0 Å². The molecule has 0 bridgehead atoms. The molecule has 0 heterocycles. The van der Waals surface area contributed by atoms with Crippen molar-refractivity contribution in [3.05, 3.63) is 59.4 Å². The van der Waals surface area contributed by atoms with Crippen LogP contribution in [0.5, 0.6) is 11.5 Å². The van der Waals surface area contributed by atoms with Gasteiger partial charge in [0.25, 0.3) is 5.91 Å². The fraction of sp³-hybridized carbons (Fsp3) is 0.0667. The van der Waals surface area contributed by atoms with Gasteiger partial charge in [-0.15, -0.1) is 0 Å². The Morgan fingerprint density at radius 1 is 1.10 bits per heavy atom. The van der Waals surface area contributed by atoms with E-state index in [9.17, 15) is 14.0 Å². The zero-order valence-corrected chi connectivity index (χ0v) is 10.7. The molecule has 0 saturated carbocycles. The van der Waals surface area contributed by atoms with Crippen LogP contribution in [0.1, 0.15) is 27.6 Å². The molecule has 0 fully saturated rings. The first-order valence-electron chi connectivity index (χ1n) is 5.86. The highest BCUT2D eigenvalue weighted by Gasteiger charge is 2.12. The number of benzene rings is 2. The fourth-order valence-corrected chi connectivity index (χ4v) is 1.68. The van der Waals surface area contributed by atoms with E-state index in [2.05, 4.69) is 0 Å². The first-order valence-corrected chi connectivity index (χ1v) is 5.86. The van der Waals surface area contributed by atoms with Gasteiger partial charge in [-0.3, -0.25) is 9.59 Å². The van der Waals surface area contributed by atoms with Gasteiger partial charge in [0, 0.05) is 5.56 Å². The molecule has 0 aromatic heterocycles. The van der Waals surface area contributed by atoms with Crippen LogP contribution in [0.3, 0.4) is 0 Å². The van der Waals surface area contributed by atoms with E-state index < -0.39 is 11.7 Å². The second-order valence-corrected chi connectivity index (χ2v) is 4.16. The van der Waals surface area contributed by atoms with E-state index in [4.69, 9.17) is 10.5 Å². The Hall–Kier alpha value is -2.69. The summed E-state index contributed by atoms with van der Waals surface area (Å²) in [6.45, 7) is 1.34. The summed E-state index contributed by atoms with van der Waals surface area (Å²) >= 11 is 0. The first-order chi connectivity index (χ1) is 9.49. The van der Waals surface area contributed by atoms with Crippen LogP contribution < -0.4 is 10.5 Å². The van der Waals surface area contributed by atoms with Crippen molar-refractivity contribution in [2.24, 2.45) is 5.73 Å². The number of halogens is 1. The Bertz CT molecular complexity index is 683. The summed E-state index contributed by atoms with van der Waals surface area (Å²) in [5, 5.41) is 0. The number of nitrogens with two attached hydrogens (primary N) is 1. The summed E-state index contributed by atoms with van der Waals surface area (Å²) in [5.41, 5.74) is 5.62. The molecule has 4 nitrogen and oxygen atoms in total. The second-order valence-electron chi connectivity index (χ2n) is 4.16. The maximum Gasteiger partial charge on any atom is 0.252 e. The van der Waals surface area contributed by atoms with Crippen molar-refractivity contribution >= 4 is 11.7 Å². The molecule has 2 rings (SSSR count). The normalized spacial score (nSPS) is 10.1. The lowest BCUT2D eigenvalue weighted by Gasteiger charge is -2.10. The molecule has 0 atom stereocenters. The molecule has 102 valence electrons. The van der Waals surface area contributed by atoms with Gasteiger partial charge < -0.3 is 10.5 Å². The van der Waals surface area contributed by atoms with Gasteiger partial charge in [0.15, 0.2) is 17.3 Å². The molecule has 1 amide bonds. The molecule has 0 aliphatic heterocycles. The summed E-state index contributed by atoms with van der Waals surface area (Å²) in [7, 11) is 0. The molecule has 0 saturated heterocycles. The van der Waals surface area contributed by atoms with Crippen molar-refractivity contribution in [2.45, 2.75) is 6.92 Å². The summed E-state index contributed by atoms with van der Waals surface area (Å²) in [4.78, 5) is 22.4. The van der Waals surface area contributed by atoms with Crippen LogP contribution in [0, 0.1) is 5.82 Å². The van der Waals surface area contributed by atoms with Crippen LogP contribution in [0.2, 0.25) is 0 Å². The number of Topliss-reactive ketones (excluding diaryl/α,β-unsaturated/α-hetero) is 1. The third kappa shape index (κ3) is 2.83. The highest BCUT2D eigenvalue weighted by Crippen LogP contribution is 2.27. The van der Waals surface area contributed by atoms with Crippen LogP contribution in [-0.4, -0.2) is 11.7 Å². The summed E-state index contributed by atoms with van der Waals surface area (Å²) < 4.78 is 19.2. The highest BCUT2D eigenvalue weighted by atomic mass is 19.1. The lowest BCUT2D eigenvalue weighted by atomic mass is 10.1. The number of amides is 1. The Labute approximate surface area is 115 Å². The zero-order chi connectivity index (χ0) is 14.7. The van der Waals surface area contributed by atoms with Gasteiger partial charge in [-0.1, -0.05) is 12.1 Å². The number of ether oxygens (including phenoxy) is 1. The minimum atomic E-state index is -0.683. The van der Waals surface area contributed by atoms with Gasteiger partial charge in [0.05, 0.1) is 5.56 Å². The van der Waals surface area contributed by atoms with E-state index in [0.717, 1.165) is 6.07 Å². The molecular formula is C15H12FNO3. The Morgan fingerprint density at radius 3 is 2.40 bits per heavy atom. The summed E-state index contributed by atoms with van der Waals surface area (Å²) in [5.74, 6) is -1.51. The molecule has 0 spiro atoms. The molecule has 0 radical (unpaired) electrons. The van der Waals surface area contributed by atoms with Crippen molar-refractivity contribution in [1.29, 1.82) is 0 Å². The summed E-state index contributed by atoms with van der Waals surface area (Å²) in [6.07, 6.45) is 0. The molecule has 0 unspecified atom stereocenters. The number of carbonyl (C=O) groups is 2. The number of para-hydroxylation sites is 1. The fourth-order valence-electron chi connectivity index (χ4n) is 1.68. The van der Waals surface area contributed by atoms with Gasteiger partial charge in [-0.25, -0.2) is 4.39 Å². The van der Waals surface area contributed by atoms with Gasteiger partial charge in [0.2, 0.25) is 0 Å². The Kier molecular flexibility index (Phi) is 3.79.